The Labute approximate surface area is 143 Å². The summed E-state index contributed by atoms with van der Waals surface area (Å²) in [6, 6.07) is -0.161. The number of amides is 2. The van der Waals surface area contributed by atoms with Crippen molar-refractivity contribution in [1.82, 2.24) is 20.5 Å². The normalized spacial score (nSPS) is 26.6. The summed E-state index contributed by atoms with van der Waals surface area (Å²) in [6.45, 7) is 1.98. The number of anilines is 1. The molecule has 2 saturated heterocycles. The number of ether oxygens (including phenoxy) is 2. The van der Waals surface area contributed by atoms with Crippen LogP contribution in [0.2, 0.25) is 0 Å². The van der Waals surface area contributed by atoms with E-state index in [1.807, 2.05) is 5.38 Å². The summed E-state index contributed by atoms with van der Waals surface area (Å²) in [6.07, 6.45) is 5.79. The molecule has 2 fully saturated rings. The number of aromatic nitrogens is 3. The van der Waals surface area contributed by atoms with Crippen LogP contribution in [0, 0.1) is 0 Å². The topological polar surface area (TPSA) is 101 Å². The molecule has 8 nitrogen and oxygen atoms in total. The minimum absolute atomic E-state index is 0.0793. The van der Waals surface area contributed by atoms with Gasteiger partial charge in [0, 0.05) is 37.3 Å². The Bertz CT molecular complexity index is 696. The molecule has 2 aliphatic heterocycles. The van der Waals surface area contributed by atoms with Gasteiger partial charge in [0.2, 0.25) is 0 Å². The fourth-order valence-corrected chi connectivity index (χ4v) is 3.89. The first-order chi connectivity index (χ1) is 11.7. The van der Waals surface area contributed by atoms with E-state index in [0.717, 1.165) is 30.9 Å². The van der Waals surface area contributed by atoms with Crippen molar-refractivity contribution in [1.29, 1.82) is 0 Å². The molecule has 2 amide bonds. The van der Waals surface area contributed by atoms with Crippen molar-refractivity contribution >= 4 is 23.1 Å². The number of hydrogen-bond acceptors (Lipinski definition) is 6. The largest absolute Gasteiger partial charge is 0.378 e. The molecule has 2 aromatic rings. The van der Waals surface area contributed by atoms with Crippen LogP contribution in [0.15, 0.2) is 17.8 Å². The summed E-state index contributed by atoms with van der Waals surface area (Å²) in [5, 5.41) is 15.4. The molecule has 2 unspecified atom stereocenters. The minimum atomic E-state index is -0.241. The molecule has 2 aliphatic rings. The fourth-order valence-electron chi connectivity index (χ4n) is 3.25. The van der Waals surface area contributed by atoms with E-state index in [2.05, 4.69) is 25.8 Å². The summed E-state index contributed by atoms with van der Waals surface area (Å²) in [5.74, 6) is 0. The van der Waals surface area contributed by atoms with Gasteiger partial charge in [0.15, 0.2) is 0 Å². The van der Waals surface area contributed by atoms with E-state index in [1.165, 1.54) is 11.3 Å². The average Bonchev–Trinajstić information content (AvgIpc) is 3.29. The maximum absolute atomic E-state index is 12.4. The maximum atomic E-state index is 12.4. The monoisotopic (exact) mass is 349 g/mol. The Morgan fingerprint density at radius 3 is 3.21 bits per heavy atom. The van der Waals surface area contributed by atoms with E-state index < -0.39 is 0 Å². The number of urea groups is 1. The van der Waals surface area contributed by atoms with Crippen molar-refractivity contribution in [3.63, 3.8) is 0 Å². The van der Waals surface area contributed by atoms with Crippen LogP contribution in [0.3, 0.4) is 0 Å². The average molecular weight is 349 g/mol. The van der Waals surface area contributed by atoms with Crippen molar-refractivity contribution in [3.05, 3.63) is 17.8 Å². The second-order valence-corrected chi connectivity index (χ2v) is 7.01. The third-order valence-electron chi connectivity index (χ3n) is 4.43. The highest BCUT2D eigenvalue weighted by Gasteiger charge is 2.41. The molecule has 2 aromatic heterocycles. The number of thiazole rings is 1. The zero-order valence-electron chi connectivity index (χ0n) is 13.1. The van der Waals surface area contributed by atoms with Crippen LogP contribution in [-0.4, -0.2) is 52.7 Å². The molecule has 0 bridgehead atoms. The Morgan fingerprint density at radius 2 is 2.42 bits per heavy atom. The molecule has 3 N–H and O–H groups in total. The number of carbonyl (C=O) groups is 1. The van der Waals surface area contributed by atoms with E-state index in [-0.39, 0.29) is 17.7 Å². The van der Waals surface area contributed by atoms with E-state index in [0.29, 0.717) is 24.6 Å². The predicted octanol–water partition coefficient (Wildman–Crippen LogP) is 1.99. The number of hydrogen-bond donors (Lipinski definition) is 3. The molecule has 9 heteroatoms. The number of rotatable bonds is 3. The Balaban J connectivity index is 1.38. The molecule has 24 heavy (non-hydrogen) atoms. The second kappa shape index (κ2) is 6.50. The van der Waals surface area contributed by atoms with Gasteiger partial charge in [0.1, 0.15) is 10.7 Å². The van der Waals surface area contributed by atoms with Crippen LogP contribution < -0.4 is 10.6 Å². The third kappa shape index (κ3) is 3.14. The van der Waals surface area contributed by atoms with Gasteiger partial charge in [-0.2, -0.15) is 5.10 Å². The van der Waals surface area contributed by atoms with E-state index >= 15 is 0 Å². The van der Waals surface area contributed by atoms with Gasteiger partial charge in [-0.25, -0.2) is 9.78 Å². The lowest BCUT2D eigenvalue weighted by atomic mass is 9.90. The number of carbonyl (C=O) groups excluding carboxylic acids is 1. The van der Waals surface area contributed by atoms with Crippen LogP contribution in [0.4, 0.5) is 10.5 Å². The molecule has 0 radical (unpaired) electrons. The maximum Gasteiger partial charge on any atom is 0.319 e. The van der Waals surface area contributed by atoms with Crippen molar-refractivity contribution in [2.75, 3.05) is 25.1 Å². The zero-order valence-corrected chi connectivity index (χ0v) is 13.9. The molecular weight excluding hydrogens is 330 g/mol. The van der Waals surface area contributed by atoms with Crippen molar-refractivity contribution in [2.45, 2.75) is 30.9 Å². The standard InChI is InChI=1S/C15H19N5O3S/c21-14(18-10-1-4-23-15(7-10)2-5-22-9-15)19-11-8-17-20-12(11)13-16-3-6-24-13/h3,6,8,10H,1-2,4-5,7,9H2,(H,17,20)(H2,18,19,21). The number of H-pyrrole nitrogens is 1. The lowest BCUT2D eigenvalue weighted by Gasteiger charge is -2.37. The summed E-state index contributed by atoms with van der Waals surface area (Å²) >= 11 is 1.49. The van der Waals surface area contributed by atoms with Crippen LogP contribution in [0.1, 0.15) is 19.3 Å². The fraction of sp³-hybridized carbons (Fsp3) is 0.533. The molecule has 4 rings (SSSR count). The van der Waals surface area contributed by atoms with Gasteiger partial charge in [0.05, 0.1) is 24.1 Å². The van der Waals surface area contributed by atoms with Gasteiger partial charge in [-0.1, -0.05) is 0 Å². The van der Waals surface area contributed by atoms with Gasteiger partial charge in [-0.05, 0) is 12.8 Å². The predicted molar refractivity (Wildman–Crippen MR) is 89.0 cm³/mol. The summed E-state index contributed by atoms with van der Waals surface area (Å²) in [7, 11) is 0. The highest BCUT2D eigenvalue weighted by atomic mass is 32.1. The van der Waals surface area contributed by atoms with Crippen LogP contribution in [0.5, 0.6) is 0 Å². The highest BCUT2D eigenvalue weighted by molar-refractivity contribution is 7.13. The molecular formula is C15H19N5O3S. The Hall–Kier alpha value is -1.97. The first-order valence-corrected chi connectivity index (χ1v) is 8.85. The van der Waals surface area contributed by atoms with E-state index in [9.17, 15) is 4.79 Å². The van der Waals surface area contributed by atoms with E-state index in [4.69, 9.17) is 9.47 Å². The highest BCUT2D eigenvalue weighted by Crippen LogP contribution is 2.33. The van der Waals surface area contributed by atoms with Crippen molar-refractivity contribution in [2.24, 2.45) is 0 Å². The molecule has 0 aromatic carbocycles. The van der Waals surface area contributed by atoms with E-state index in [1.54, 1.807) is 12.4 Å². The second-order valence-electron chi connectivity index (χ2n) is 6.12. The molecule has 1 spiro atoms. The quantitative estimate of drug-likeness (QED) is 0.787. The number of nitrogens with zero attached hydrogens (tertiary/aromatic N) is 2. The SMILES string of the molecule is O=C(Nc1cn[nH]c1-c1nccs1)NC1CCOC2(CCOC2)C1. The minimum Gasteiger partial charge on any atom is -0.378 e. The molecule has 4 heterocycles. The molecule has 0 saturated carbocycles. The number of aromatic amines is 1. The van der Waals surface area contributed by atoms with Crippen molar-refractivity contribution in [3.8, 4) is 10.7 Å². The number of nitrogens with one attached hydrogen (secondary N) is 3. The molecule has 0 aliphatic carbocycles. The lowest BCUT2D eigenvalue weighted by Crippen LogP contribution is -2.49. The van der Waals surface area contributed by atoms with Crippen LogP contribution in [-0.2, 0) is 9.47 Å². The van der Waals surface area contributed by atoms with Crippen LogP contribution >= 0.6 is 11.3 Å². The smallest absolute Gasteiger partial charge is 0.319 e. The lowest BCUT2D eigenvalue weighted by molar-refractivity contribution is -0.0877. The third-order valence-corrected chi connectivity index (χ3v) is 5.22. The zero-order chi connectivity index (χ0) is 16.4. The Kier molecular flexibility index (Phi) is 4.21. The molecule has 2 atom stereocenters. The van der Waals surface area contributed by atoms with Gasteiger partial charge >= 0.3 is 6.03 Å². The molecule has 128 valence electrons. The first-order valence-electron chi connectivity index (χ1n) is 7.97. The summed E-state index contributed by atoms with van der Waals surface area (Å²) in [4.78, 5) is 16.6. The van der Waals surface area contributed by atoms with Crippen LogP contribution in [0.25, 0.3) is 10.7 Å². The van der Waals surface area contributed by atoms with Gasteiger partial charge in [-0.3, -0.25) is 5.10 Å². The summed E-state index contributed by atoms with van der Waals surface area (Å²) in [5.41, 5.74) is 1.11. The van der Waals surface area contributed by atoms with Gasteiger partial charge in [-0.15, -0.1) is 11.3 Å². The van der Waals surface area contributed by atoms with Gasteiger partial charge < -0.3 is 20.1 Å². The summed E-state index contributed by atoms with van der Waals surface area (Å²) < 4.78 is 11.4. The first kappa shape index (κ1) is 15.6. The Morgan fingerprint density at radius 1 is 1.46 bits per heavy atom. The van der Waals surface area contributed by atoms with Gasteiger partial charge in [0.25, 0.3) is 0 Å². The van der Waals surface area contributed by atoms with Crippen molar-refractivity contribution < 1.29 is 14.3 Å².